The Morgan fingerprint density at radius 1 is 1.17 bits per heavy atom. The average Bonchev–Trinajstić information content (AvgIpc) is 3.03. The summed E-state index contributed by atoms with van der Waals surface area (Å²) in [6.07, 6.45) is 7.50. The van der Waals surface area contributed by atoms with E-state index in [0.717, 1.165) is 56.5 Å². The average molecular weight is 351 g/mol. The molecule has 1 atom stereocenters. The summed E-state index contributed by atoms with van der Waals surface area (Å²) in [6.45, 7) is 1.90. The molecular weight excluding hydrogens is 324 g/mol. The van der Waals surface area contributed by atoms with Gasteiger partial charge in [0, 0.05) is 17.9 Å². The number of nitrogens with one attached hydrogen (secondary N) is 2. The van der Waals surface area contributed by atoms with Crippen molar-refractivity contribution < 1.29 is 9.53 Å². The van der Waals surface area contributed by atoms with Crippen LogP contribution in [0.1, 0.15) is 56.6 Å². The van der Waals surface area contributed by atoms with Crippen LogP contribution in [0.25, 0.3) is 0 Å². The normalized spacial score (nSPS) is 25.4. The summed E-state index contributed by atoms with van der Waals surface area (Å²) in [6, 6.07) is 8.32. The number of hydrogen-bond donors (Lipinski definition) is 2. The van der Waals surface area contributed by atoms with Crippen molar-refractivity contribution in [2.75, 3.05) is 13.1 Å². The van der Waals surface area contributed by atoms with E-state index in [1.54, 1.807) is 0 Å². The van der Waals surface area contributed by atoms with Gasteiger partial charge in [-0.2, -0.15) is 0 Å². The number of piperidine rings is 1. The molecule has 1 saturated heterocycles. The van der Waals surface area contributed by atoms with Crippen molar-refractivity contribution in [2.24, 2.45) is 5.92 Å². The summed E-state index contributed by atoms with van der Waals surface area (Å²) < 4.78 is 6.38. The van der Waals surface area contributed by atoms with Crippen molar-refractivity contribution in [2.45, 2.75) is 56.6 Å². The minimum atomic E-state index is -0.0551. The van der Waals surface area contributed by atoms with Gasteiger partial charge in [-0.25, -0.2) is 0 Å². The first-order chi connectivity index (χ1) is 11.3. The molecule has 3 aliphatic rings. The van der Waals surface area contributed by atoms with Crippen LogP contribution in [0.5, 0.6) is 5.75 Å². The van der Waals surface area contributed by atoms with E-state index in [1.165, 1.54) is 12.8 Å². The van der Waals surface area contributed by atoms with Crippen LogP contribution in [-0.2, 0) is 4.79 Å². The van der Waals surface area contributed by atoms with Gasteiger partial charge in [0.1, 0.15) is 11.4 Å². The third-order valence-corrected chi connectivity index (χ3v) is 5.74. The zero-order chi connectivity index (χ0) is 15.7. The highest BCUT2D eigenvalue weighted by Gasteiger charge is 2.43. The second-order valence-electron chi connectivity index (χ2n) is 7.32. The maximum atomic E-state index is 12.7. The van der Waals surface area contributed by atoms with E-state index in [4.69, 9.17) is 4.74 Å². The van der Waals surface area contributed by atoms with E-state index in [0.29, 0.717) is 0 Å². The van der Waals surface area contributed by atoms with Gasteiger partial charge in [-0.15, -0.1) is 12.4 Å². The number of carbonyl (C=O) groups is 1. The Labute approximate surface area is 150 Å². The highest BCUT2D eigenvalue weighted by atomic mass is 35.5. The molecule has 4 nitrogen and oxygen atoms in total. The summed E-state index contributed by atoms with van der Waals surface area (Å²) in [5.41, 5.74) is 1.09. The number of amides is 1. The number of para-hydroxylation sites is 1. The zero-order valence-corrected chi connectivity index (χ0v) is 14.9. The van der Waals surface area contributed by atoms with Crippen molar-refractivity contribution in [1.29, 1.82) is 0 Å². The molecule has 2 aliphatic heterocycles. The smallest absolute Gasteiger partial charge is 0.223 e. The Balaban J connectivity index is 0.00000169. The van der Waals surface area contributed by atoms with Crippen LogP contribution in [0, 0.1) is 5.92 Å². The van der Waals surface area contributed by atoms with Crippen LogP contribution in [0.3, 0.4) is 0 Å². The Hall–Kier alpha value is -1.26. The van der Waals surface area contributed by atoms with Gasteiger partial charge in [0.15, 0.2) is 0 Å². The summed E-state index contributed by atoms with van der Waals surface area (Å²) in [5.74, 6) is 1.35. The van der Waals surface area contributed by atoms with Gasteiger partial charge >= 0.3 is 0 Å². The molecule has 0 aromatic heterocycles. The highest BCUT2D eigenvalue weighted by molar-refractivity contribution is 5.85. The molecule has 132 valence electrons. The molecule has 2 fully saturated rings. The van der Waals surface area contributed by atoms with E-state index >= 15 is 0 Å². The molecule has 1 aromatic rings. The predicted molar refractivity (Wildman–Crippen MR) is 96.6 cm³/mol. The van der Waals surface area contributed by atoms with Gasteiger partial charge in [-0.05, 0) is 57.7 Å². The minimum absolute atomic E-state index is 0. The summed E-state index contributed by atoms with van der Waals surface area (Å²) >= 11 is 0. The Kier molecular flexibility index (Phi) is 5.36. The number of fused-ring (bicyclic) bond motifs is 1. The highest BCUT2D eigenvalue weighted by Crippen LogP contribution is 2.47. The van der Waals surface area contributed by atoms with Gasteiger partial charge in [0.05, 0.1) is 6.04 Å². The monoisotopic (exact) mass is 350 g/mol. The maximum Gasteiger partial charge on any atom is 0.223 e. The molecule has 5 heteroatoms. The molecule has 0 radical (unpaired) electrons. The van der Waals surface area contributed by atoms with Crippen LogP contribution >= 0.6 is 12.4 Å². The second kappa shape index (κ2) is 7.32. The Bertz CT molecular complexity index is 580. The fourth-order valence-electron chi connectivity index (χ4n) is 4.45. The first-order valence-corrected chi connectivity index (χ1v) is 9.05. The lowest BCUT2D eigenvalue weighted by Gasteiger charge is -2.40. The number of hydrogen-bond acceptors (Lipinski definition) is 3. The molecule has 1 unspecified atom stereocenters. The van der Waals surface area contributed by atoms with Gasteiger partial charge in [0.25, 0.3) is 0 Å². The Morgan fingerprint density at radius 2 is 1.88 bits per heavy atom. The van der Waals surface area contributed by atoms with E-state index < -0.39 is 0 Å². The fraction of sp³-hybridized carbons (Fsp3) is 0.632. The van der Waals surface area contributed by atoms with E-state index in [1.807, 2.05) is 12.1 Å². The SMILES string of the molecule is Cl.O=C(NC1CC2(CCCC2)Oc2ccccc21)C1CCNCC1. The van der Waals surface area contributed by atoms with Crippen molar-refractivity contribution in [3.8, 4) is 5.75 Å². The largest absolute Gasteiger partial charge is 0.487 e. The van der Waals surface area contributed by atoms with Crippen molar-refractivity contribution in [3.05, 3.63) is 29.8 Å². The summed E-state index contributed by atoms with van der Waals surface area (Å²) in [5, 5.41) is 6.68. The standard InChI is InChI=1S/C19H26N2O2.ClH/c22-18(14-7-11-20-12-8-14)21-16-13-19(9-3-4-10-19)23-17-6-2-1-5-15(16)17;/h1-2,5-6,14,16,20H,3-4,7-13H2,(H,21,22);1H. The van der Waals surface area contributed by atoms with Gasteiger partial charge in [-0.1, -0.05) is 18.2 Å². The lowest BCUT2D eigenvalue weighted by molar-refractivity contribution is -0.127. The first-order valence-electron chi connectivity index (χ1n) is 9.05. The lowest BCUT2D eigenvalue weighted by Crippen LogP contribution is -2.46. The quantitative estimate of drug-likeness (QED) is 0.859. The maximum absolute atomic E-state index is 12.7. The number of rotatable bonds is 2. The Morgan fingerprint density at radius 3 is 2.62 bits per heavy atom. The van der Waals surface area contributed by atoms with Crippen molar-refractivity contribution in [1.82, 2.24) is 10.6 Å². The molecule has 1 saturated carbocycles. The van der Waals surface area contributed by atoms with Gasteiger partial charge in [0.2, 0.25) is 5.91 Å². The topological polar surface area (TPSA) is 50.4 Å². The fourth-order valence-corrected chi connectivity index (χ4v) is 4.45. The molecule has 2 N–H and O–H groups in total. The zero-order valence-electron chi connectivity index (χ0n) is 14.1. The van der Waals surface area contributed by atoms with Gasteiger partial charge < -0.3 is 15.4 Å². The third-order valence-electron chi connectivity index (χ3n) is 5.74. The summed E-state index contributed by atoms with van der Waals surface area (Å²) in [7, 11) is 0. The first kappa shape index (κ1) is 17.6. The molecule has 2 heterocycles. The van der Waals surface area contributed by atoms with Gasteiger partial charge in [-0.3, -0.25) is 4.79 Å². The molecular formula is C19H27ClN2O2. The molecule has 24 heavy (non-hydrogen) atoms. The van der Waals surface area contributed by atoms with Crippen molar-refractivity contribution in [3.63, 3.8) is 0 Å². The molecule has 0 bridgehead atoms. The molecule has 1 spiro atoms. The summed E-state index contributed by atoms with van der Waals surface area (Å²) in [4.78, 5) is 12.7. The van der Waals surface area contributed by atoms with E-state index in [-0.39, 0.29) is 35.9 Å². The number of ether oxygens (including phenoxy) is 1. The second-order valence-corrected chi connectivity index (χ2v) is 7.32. The molecule has 4 rings (SSSR count). The minimum Gasteiger partial charge on any atom is -0.487 e. The third kappa shape index (κ3) is 3.40. The van der Waals surface area contributed by atoms with Crippen LogP contribution < -0.4 is 15.4 Å². The predicted octanol–water partition coefficient (Wildman–Crippen LogP) is 3.36. The van der Waals surface area contributed by atoms with E-state index in [2.05, 4.69) is 22.8 Å². The lowest BCUT2D eigenvalue weighted by atomic mass is 9.85. The van der Waals surface area contributed by atoms with E-state index in [9.17, 15) is 4.79 Å². The number of halogens is 1. The molecule has 1 aliphatic carbocycles. The van der Waals surface area contributed by atoms with Crippen LogP contribution in [0.15, 0.2) is 24.3 Å². The molecule has 1 amide bonds. The number of carbonyl (C=O) groups excluding carboxylic acids is 1. The van der Waals surface area contributed by atoms with Crippen molar-refractivity contribution >= 4 is 18.3 Å². The number of benzene rings is 1. The van der Waals surface area contributed by atoms with Crippen LogP contribution in [-0.4, -0.2) is 24.6 Å². The van der Waals surface area contributed by atoms with Crippen LogP contribution in [0.4, 0.5) is 0 Å². The van der Waals surface area contributed by atoms with Crippen LogP contribution in [0.2, 0.25) is 0 Å². The molecule has 1 aromatic carbocycles.